The van der Waals surface area contributed by atoms with E-state index in [1.807, 2.05) is 92.7 Å². The molecule has 1 heterocycles. The molecule has 7 atom stereocenters. The van der Waals surface area contributed by atoms with E-state index in [2.05, 4.69) is 93.4 Å². The summed E-state index contributed by atoms with van der Waals surface area (Å²) in [6, 6.07) is 36.9. The van der Waals surface area contributed by atoms with Gasteiger partial charge in [-0.15, -0.1) is 0 Å². The molecule has 410 valence electrons. The number of carbonyl (C=O) groups excluding carboxylic acids is 1. The van der Waals surface area contributed by atoms with Gasteiger partial charge in [-0.05, 0) is 110 Å². The molecule has 0 saturated carbocycles. The Hall–Kier alpha value is -6.80. The standard InChI is InChI=1S/C65H80N2O10/c1-9-73-64(68)33-21-32-54(38-39-72-43-55-26-13-10-14-27-55)41-61(75-44-56-28-15-11-16-29-56)49(3)23-20-24-50(4)62(76-45-57-30-17-12-18-31-57)42-63(77-46-58-34-36-60(37-35-58)67(69)70)52(6)65(71-8)51(5)25-19-22-48(2)40-59-47-74-53(7)66-59/h10-31,33-37,40,47,49,52,54,61-63,65H,9,32,38-39,41-46H2,1-8H3/b22-19+,23-20+,33-21+,48-40+,50-24+,51-25+/t49-,52+,54-,61-,62+,63-,65+/m1/s1. The Balaban J connectivity index is 1.41. The van der Waals surface area contributed by atoms with E-state index in [-0.39, 0.29) is 60.4 Å². The van der Waals surface area contributed by atoms with Gasteiger partial charge in [0.2, 0.25) is 0 Å². The van der Waals surface area contributed by atoms with Crippen LogP contribution < -0.4 is 0 Å². The summed E-state index contributed by atoms with van der Waals surface area (Å²) in [5.74, 6) is 0.268. The van der Waals surface area contributed by atoms with Gasteiger partial charge in [-0.3, -0.25) is 10.1 Å². The fourth-order valence-electron chi connectivity index (χ4n) is 8.95. The van der Waals surface area contributed by atoms with Crippen molar-refractivity contribution in [1.29, 1.82) is 0 Å². The van der Waals surface area contributed by atoms with Gasteiger partial charge >= 0.3 is 5.97 Å². The van der Waals surface area contributed by atoms with E-state index in [0.29, 0.717) is 51.8 Å². The fourth-order valence-corrected chi connectivity index (χ4v) is 8.95. The average Bonchev–Trinajstić information content (AvgIpc) is 3.85. The minimum atomic E-state index is -0.401. The maximum absolute atomic E-state index is 12.3. The van der Waals surface area contributed by atoms with Crippen LogP contribution in [0.5, 0.6) is 0 Å². The number of aryl methyl sites for hydroxylation is 1. The van der Waals surface area contributed by atoms with E-state index >= 15 is 0 Å². The molecule has 0 radical (unpaired) electrons. The molecule has 12 nitrogen and oxygen atoms in total. The Morgan fingerprint density at radius 2 is 1.31 bits per heavy atom. The van der Waals surface area contributed by atoms with Crippen LogP contribution in [-0.2, 0) is 59.6 Å². The Kier molecular flexibility index (Phi) is 27.0. The molecule has 0 amide bonds. The zero-order valence-electron chi connectivity index (χ0n) is 46.3. The summed E-state index contributed by atoms with van der Waals surface area (Å²) in [7, 11) is 1.72. The molecule has 12 heteroatoms. The predicted octanol–water partition coefficient (Wildman–Crippen LogP) is 14.9. The molecule has 0 fully saturated rings. The number of hydrogen-bond acceptors (Lipinski definition) is 11. The van der Waals surface area contributed by atoms with Crippen LogP contribution in [0.4, 0.5) is 5.69 Å². The van der Waals surface area contributed by atoms with Crippen molar-refractivity contribution < 1.29 is 42.6 Å². The Morgan fingerprint density at radius 1 is 0.727 bits per heavy atom. The highest BCUT2D eigenvalue weighted by Crippen LogP contribution is 2.30. The lowest BCUT2D eigenvalue weighted by Crippen LogP contribution is -2.37. The third-order valence-corrected chi connectivity index (χ3v) is 13.4. The summed E-state index contributed by atoms with van der Waals surface area (Å²) >= 11 is 0. The summed E-state index contributed by atoms with van der Waals surface area (Å²) in [4.78, 5) is 27.8. The summed E-state index contributed by atoms with van der Waals surface area (Å²) in [6.45, 7) is 16.6. The number of hydrogen-bond donors (Lipinski definition) is 0. The topological polar surface area (TPSA) is 142 Å². The van der Waals surface area contributed by atoms with Crippen molar-refractivity contribution in [3.8, 4) is 0 Å². The molecular weight excluding hydrogens is 969 g/mol. The number of benzene rings is 4. The number of methoxy groups -OCH3 is 1. The van der Waals surface area contributed by atoms with Gasteiger partial charge < -0.3 is 32.8 Å². The van der Waals surface area contributed by atoms with E-state index < -0.39 is 4.92 Å². The van der Waals surface area contributed by atoms with Crippen molar-refractivity contribution in [2.24, 2.45) is 17.8 Å². The molecule has 0 aliphatic heterocycles. The van der Waals surface area contributed by atoms with E-state index in [9.17, 15) is 14.9 Å². The van der Waals surface area contributed by atoms with E-state index in [4.69, 9.17) is 32.8 Å². The number of esters is 1. The van der Waals surface area contributed by atoms with Crippen LogP contribution in [0.2, 0.25) is 0 Å². The van der Waals surface area contributed by atoms with E-state index in [1.165, 1.54) is 18.2 Å². The summed E-state index contributed by atoms with van der Waals surface area (Å²) in [6.07, 6.45) is 21.0. The zero-order chi connectivity index (χ0) is 55.2. The van der Waals surface area contributed by atoms with Gasteiger partial charge in [-0.1, -0.05) is 147 Å². The van der Waals surface area contributed by atoms with Gasteiger partial charge in [0.1, 0.15) is 12.0 Å². The number of nitro benzene ring substituents is 1. The quantitative estimate of drug-likeness (QED) is 0.00970. The smallest absolute Gasteiger partial charge is 0.330 e. The lowest BCUT2D eigenvalue weighted by atomic mass is 9.88. The summed E-state index contributed by atoms with van der Waals surface area (Å²) in [5.41, 5.74) is 7.88. The minimum Gasteiger partial charge on any atom is -0.463 e. The van der Waals surface area contributed by atoms with Crippen LogP contribution in [0.1, 0.15) is 101 Å². The number of carbonyl (C=O) groups is 1. The van der Waals surface area contributed by atoms with Crippen molar-refractivity contribution in [1.82, 2.24) is 4.98 Å². The summed E-state index contributed by atoms with van der Waals surface area (Å²) in [5, 5.41) is 11.5. The van der Waals surface area contributed by atoms with Crippen LogP contribution in [-0.4, -0.2) is 60.6 Å². The minimum absolute atomic E-state index is 0.00286. The number of nitro groups is 1. The van der Waals surface area contributed by atoms with Crippen molar-refractivity contribution in [3.63, 3.8) is 0 Å². The van der Waals surface area contributed by atoms with Crippen LogP contribution in [0.3, 0.4) is 0 Å². The first-order chi connectivity index (χ1) is 37.3. The lowest BCUT2D eigenvalue weighted by Gasteiger charge is -2.33. The number of ether oxygens (including phenoxy) is 6. The molecule has 0 spiro atoms. The van der Waals surface area contributed by atoms with Gasteiger partial charge in [-0.25, -0.2) is 9.78 Å². The van der Waals surface area contributed by atoms with Crippen molar-refractivity contribution in [2.75, 3.05) is 20.3 Å². The third-order valence-electron chi connectivity index (χ3n) is 13.4. The molecule has 4 aromatic carbocycles. The van der Waals surface area contributed by atoms with Crippen molar-refractivity contribution >= 4 is 17.7 Å². The Labute approximate surface area is 457 Å². The maximum atomic E-state index is 12.3. The molecule has 0 bridgehead atoms. The number of rotatable bonds is 34. The van der Waals surface area contributed by atoms with E-state index in [1.54, 1.807) is 32.4 Å². The first-order valence-electron chi connectivity index (χ1n) is 26.8. The zero-order valence-corrected chi connectivity index (χ0v) is 46.3. The van der Waals surface area contributed by atoms with Crippen molar-refractivity contribution in [3.05, 3.63) is 231 Å². The largest absolute Gasteiger partial charge is 0.463 e. The monoisotopic (exact) mass is 1050 g/mol. The third kappa shape index (κ3) is 22.8. The molecule has 0 unspecified atom stereocenters. The fraction of sp³-hybridized carbons (Fsp3) is 0.385. The van der Waals surface area contributed by atoms with Gasteiger partial charge in [0, 0.05) is 57.1 Å². The van der Waals surface area contributed by atoms with Crippen molar-refractivity contribution in [2.45, 2.75) is 125 Å². The number of nitrogens with zero attached hydrogens (tertiary/aromatic N) is 2. The highest BCUT2D eigenvalue weighted by atomic mass is 16.6. The van der Waals surface area contributed by atoms with Gasteiger partial charge in [0.05, 0.1) is 62.4 Å². The molecular formula is C65H80N2O10. The van der Waals surface area contributed by atoms with Crippen LogP contribution in [0.15, 0.2) is 191 Å². The maximum Gasteiger partial charge on any atom is 0.330 e. The molecule has 77 heavy (non-hydrogen) atoms. The van der Waals surface area contributed by atoms with Gasteiger partial charge in [0.15, 0.2) is 5.89 Å². The number of oxazole rings is 1. The second-order valence-electron chi connectivity index (χ2n) is 19.6. The van der Waals surface area contributed by atoms with Gasteiger partial charge in [0.25, 0.3) is 5.69 Å². The van der Waals surface area contributed by atoms with Crippen LogP contribution in [0.25, 0.3) is 6.08 Å². The number of aromatic nitrogens is 1. The highest BCUT2D eigenvalue weighted by Gasteiger charge is 2.31. The SMILES string of the molecule is CCOC(=O)/C=C/C[C@H](CCOCc1ccccc1)C[C@@H](OCc1ccccc1)[C@H](C)/C=C/C=C(\C)[C@H](C[C@@H](OCc1ccc([N+](=O)[O-])cc1)[C@H](C)[C@@H](OC)/C(C)=C/C=C/C(C)=C/c1coc(C)n1)OCc1ccccc1. The Morgan fingerprint density at radius 3 is 1.90 bits per heavy atom. The first kappa shape index (κ1) is 61.1. The molecule has 0 N–H and O–H groups in total. The number of allylic oxidation sites excluding steroid dienone is 7. The molecule has 0 aliphatic carbocycles. The second-order valence-corrected chi connectivity index (χ2v) is 19.6. The van der Waals surface area contributed by atoms with Gasteiger partial charge in [-0.2, -0.15) is 0 Å². The highest BCUT2D eigenvalue weighted by molar-refractivity contribution is 5.81. The Bertz CT molecular complexity index is 2670. The average molecular weight is 1050 g/mol. The summed E-state index contributed by atoms with van der Waals surface area (Å²) < 4.78 is 43.5. The first-order valence-corrected chi connectivity index (χ1v) is 26.8. The second kappa shape index (κ2) is 34.1. The molecule has 5 aromatic rings. The molecule has 0 aliphatic rings. The molecule has 0 saturated heterocycles. The lowest BCUT2D eigenvalue weighted by molar-refractivity contribution is -0.384. The molecule has 1 aromatic heterocycles. The van der Waals surface area contributed by atoms with Crippen LogP contribution >= 0.6 is 0 Å². The molecule has 5 rings (SSSR count). The predicted molar refractivity (Wildman–Crippen MR) is 305 cm³/mol. The normalized spacial score (nSPS) is 15.4. The van der Waals surface area contributed by atoms with E-state index in [0.717, 1.165) is 57.5 Å². The van der Waals surface area contributed by atoms with Crippen LogP contribution in [0, 0.1) is 34.8 Å². The number of non-ortho nitro benzene ring substituents is 1.